The zero-order valence-corrected chi connectivity index (χ0v) is 14.7. The number of benzene rings is 1. The number of methoxy groups -OCH3 is 2. The number of ether oxygens (including phenoxy) is 3. The Balaban J connectivity index is 2.66. The molecule has 8 nitrogen and oxygen atoms in total. The van der Waals surface area contributed by atoms with Gasteiger partial charge >= 0.3 is 11.9 Å². The van der Waals surface area contributed by atoms with Crippen LogP contribution in [0.2, 0.25) is 5.02 Å². The SMILES string of the molecule is CNC(=O)c1cc(Cl)ccc1N1COCC(C(=O)OC)=C1C(=O)OC. The van der Waals surface area contributed by atoms with Gasteiger partial charge in [-0.3, -0.25) is 4.79 Å². The van der Waals surface area contributed by atoms with Crippen LogP contribution in [0.4, 0.5) is 5.69 Å². The van der Waals surface area contributed by atoms with E-state index in [-0.39, 0.29) is 30.2 Å². The van der Waals surface area contributed by atoms with E-state index in [1.54, 1.807) is 12.1 Å². The summed E-state index contributed by atoms with van der Waals surface area (Å²) in [5, 5.41) is 2.85. The van der Waals surface area contributed by atoms with Crippen molar-refractivity contribution in [2.45, 2.75) is 0 Å². The first-order valence-corrected chi connectivity index (χ1v) is 7.59. The molecule has 0 aliphatic carbocycles. The third kappa shape index (κ3) is 3.75. The van der Waals surface area contributed by atoms with Crippen molar-refractivity contribution in [3.8, 4) is 0 Å². The number of nitrogens with zero attached hydrogens (tertiary/aromatic N) is 1. The lowest BCUT2D eigenvalue weighted by Gasteiger charge is -2.32. The summed E-state index contributed by atoms with van der Waals surface area (Å²) in [6, 6.07) is 4.57. The Kier molecular flexibility index (Phi) is 6.00. The minimum atomic E-state index is -0.749. The molecule has 0 aromatic heterocycles. The van der Waals surface area contributed by atoms with Crippen LogP contribution in [0, 0.1) is 0 Å². The number of esters is 2. The molecule has 25 heavy (non-hydrogen) atoms. The Morgan fingerprint density at radius 1 is 1.20 bits per heavy atom. The fourth-order valence-corrected chi connectivity index (χ4v) is 2.57. The molecule has 134 valence electrons. The predicted octanol–water partition coefficient (Wildman–Crippen LogP) is 1.09. The minimum absolute atomic E-state index is 0.00148. The van der Waals surface area contributed by atoms with Crippen molar-refractivity contribution in [3.63, 3.8) is 0 Å². The van der Waals surface area contributed by atoms with Gasteiger partial charge in [-0.15, -0.1) is 0 Å². The molecule has 0 saturated carbocycles. The van der Waals surface area contributed by atoms with Crippen LogP contribution in [0.15, 0.2) is 29.5 Å². The van der Waals surface area contributed by atoms with Gasteiger partial charge in [0.2, 0.25) is 0 Å². The van der Waals surface area contributed by atoms with Gasteiger partial charge in [-0.25, -0.2) is 9.59 Å². The Morgan fingerprint density at radius 3 is 2.48 bits per heavy atom. The number of carbonyl (C=O) groups excluding carboxylic acids is 3. The summed E-state index contributed by atoms with van der Waals surface area (Å²) < 4.78 is 14.9. The van der Waals surface area contributed by atoms with Crippen molar-refractivity contribution in [2.24, 2.45) is 0 Å². The molecule has 0 saturated heterocycles. The molecule has 1 N–H and O–H groups in total. The van der Waals surface area contributed by atoms with Crippen LogP contribution in [0.3, 0.4) is 0 Å². The van der Waals surface area contributed by atoms with E-state index in [9.17, 15) is 14.4 Å². The number of halogens is 1. The number of rotatable bonds is 4. The van der Waals surface area contributed by atoms with E-state index in [4.69, 9.17) is 25.8 Å². The van der Waals surface area contributed by atoms with Crippen LogP contribution in [0.5, 0.6) is 0 Å². The summed E-state index contributed by atoms with van der Waals surface area (Å²) in [6.07, 6.45) is 0. The van der Waals surface area contributed by atoms with Crippen LogP contribution in [0.25, 0.3) is 0 Å². The van der Waals surface area contributed by atoms with E-state index in [1.165, 1.54) is 32.2 Å². The van der Waals surface area contributed by atoms with E-state index in [0.29, 0.717) is 10.7 Å². The second-order valence-electron chi connectivity index (χ2n) is 4.96. The van der Waals surface area contributed by atoms with Gasteiger partial charge in [0.15, 0.2) is 0 Å². The molecule has 1 aliphatic rings. The first-order valence-electron chi connectivity index (χ1n) is 7.21. The zero-order valence-electron chi connectivity index (χ0n) is 13.9. The molecule has 0 spiro atoms. The van der Waals surface area contributed by atoms with Crippen LogP contribution in [-0.4, -0.2) is 52.5 Å². The van der Waals surface area contributed by atoms with E-state index < -0.39 is 17.8 Å². The summed E-state index contributed by atoms with van der Waals surface area (Å²) in [5.74, 6) is -1.88. The monoisotopic (exact) mass is 368 g/mol. The highest BCUT2D eigenvalue weighted by Gasteiger charge is 2.34. The average molecular weight is 369 g/mol. The Morgan fingerprint density at radius 2 is 1.88 bits per heavy atom. The summed E-state index contributed by atoms with van der Waals surface area (Å²) in [7, 11) is 3.86. The molecular weight excluding hydrogens is 352 g/mol. The average Bonchev–Trinajstić information content (AvgIpc) is 2.65. The fraction of sp³-hybridized carbons (Fsp3) is 0.312. The van der Waals surface area contributed by atoms with Crippen LogP contribution in [-0.2, 0) is 23.8 Å². The third-order valence-electron chi connectivity index (χ3n) is 3.55. The molecule has 0 radical (unpaired) electrons. The molecule has 0 fully saturated rings. The molecule has 1 aliphatic heterocycles. The number of anilines is 1. The molecule has 1 heterocycles. The Hall–Kier alpha value is -2.58. The number of nitrogens with one attached hydrogen (secondary N) is 1. The lowest BCUT2D eigenvalue weighted by molar-refractivity contribution is -0.140. The van der Waals surface area contributed by atoms with Crippen molar-refractivity contribution in [1.82, 2.24) is 5.32 Å². The molecule has 1 amide bonds. The van der Waals surface area contributed by atoms with Crippen molar-refractivity contribution in [2.75, 3.05) is 39.5 Å². The maximum absolute atomic E-state index is 12.3. The molecule has 0 bridgehead atoms. The van der Waals surface area contributed by atoms with Crippen molar-refractivity contribution in [1.29, 1.82) is 0 Å². The first kappa shape index (κ1) is 18.8. The number of amides is 1. The van der Waals surface area contributed by atoms with Gasteiger partial charge in [-0.2, -0.15) is 0 Å². The highest BCUT2D eigenvalue weighted by molar-refractivity contribution is 6.31. The quantitative estimate of drug-likeness (QED) is 0.795. The topological polar surface area (TPSA) is 94.2 Å². The molecule has 1 aromatic rings. The van der Waals surface area contributed by atoms with E-state index in [2.05, 4.69) is 5.32 Å². The molecule has 1 aromatic carbocycles. The normalized spacial score (nSPS) is 14.2. The Labute approximate surface area is 149 Å². The predicted molar refractivity (Wildman–Crippen MR) is 89.2 cm³/mol. The maximum Gasteiger partial charge on any atom is 0.355 e. The first-order chi connectivity index (χ1) is 11.9. The van der Waals surface area contributed by atoms with Crippen LogP contribution >= 0.6 is 11.6 Å². The number of hydrogen-bond donors (Lipinski definition) is 1. The number of hydrogen-bond acceptors (Lipinski definition) is 7. The molecule has 0 atom stereocenters. The van der Waals surface area contributed by atoms with Gasteiger partial charge in [0.05, 0.1) is 37.7 Å². The van der Waals surface area contributed by atoms with Crippen molar-refractivity contribution in [3.05, 3.63) is 40.1 Å². The summed E-state index contributed by atoms with van der Waals surface area (Å²) in [6.45, 7) is -0.174. The molecule has 9 heteroatoms. The lowest BCUT2D eigenvalue weighted by atomic mass is 10.1. The highest BCUT2D eigenvalue weighted by Crippen LogP contribution is 2.31. The molecule has 0 unspecified atom stereocenters. The number of carbonyl (C=O) groups is 3. The summed E-state index contributed by atoms with van der Waals surface area (Å²) >= 11 is 5.98. The van der Waals surface area contributed by atoms with Crippen molar-refractivity contribution < 1.29 is 28.6 Å². The lowest BCUT2D eigenvalue weighted by Crippen LogP contribution is -2.39. The van der Waals surface area contributed by atoms with Crippen molar-refractivity contribution >= 4 is 35.1 Å². The van der Waals surface area contributed by atoms with Gasteiger partial charge in [0.25, 0.3) is 5.91 Å². The van der Waals surface area contributed by atoms with E-state index >= 15 is 0 Å². The summed E-state index contributed by atoms with van der Waals surface area (Å²) in [5.41, 5.74) is 0.503. The van der Waals surface area contributed by atoms with Gasteiger partial charge in [0, 0.05) is 12.1 Å². The van der Waals surface area contributed by atoms with E-state index in [0.717, 1.165) is 0 Å². The van der Waals surface area contributed by atoms with E-state index in [1.807, 2.05) is 0 Å². The zero-order chi connectivity index (χ0) is 18.6. The third-order valence-corrected chi connectivity index (χ3v) is 3.79. The highest BCUT2D eigenvalue weighted by atomic mass is 35.5. The van der Waals surface area contributed by atoms with Crippen LogP contribution < -0.4 is 10.2 Å². The fourth-order valence-electron chi connectivity index (χ4n) is 2.39. The van der Waals surface area contributed by atoms with Gasteiger partial charge in [-0.1, -0.05) is 11.6 Å². The molecule has 2 rings (SSSR count). The standard InChI is InChI=1S/C16H17ClN2O6/c1-18-14(20)10-6-9(17)4-5-12(10)19-8-25-7-11(15(21)23-2)13(19)16(22)24-3/h4-6H,7-8H2,1-3H3,(H,18,20). The molecular formula is C16H17ClN2O6. The smallest absolute Gasteiger partial charge is 0.355 e. The largest absolute Gasteiger partial charge is 0.466 e. The second-order valence-corrected chi connectivity index (χ2v) is 5.39. The Bertz CT molecular complexity index is 746. The maximum atomic E-state index is 12.3. The van der Waals surface area contributed by atoms with Crippen LogP contribution in [0.1, 0.15) is 10.4 Å². The van der Waals surface area contributed by atoms with Gasteiger partial charge in [0.1, 0.15) is 12.4 Å². The van der Waals surface area contributed by atoms with Gasteiger partial charge < -0.3 is 24.4 Å². The minimum Gasteiger partial charge on any atom is -0.466 e. The second kappa shape index (κ2) is 8.00. The van der Waals surface area contributed by atoms with Gasteiger partial charge in [-0.05, 0) is 18.2 Å². The summed E-state index contributed by atoms with van der Waals surface area (Å²) in [4.78, 5) is 37.9.